The Kier molecular flexibility index (Phi) is 5.99. The van der Waals surface area contributed by atoms with Gasteiger partial charge in [0.15, 0.2) is 0 Å². The average molecular weight is 300 g/mol. The highest BCUT2D eigenvalue weighted by molar-refractivity contribution is 7.90. The molecule has 1 rings (SSSR count). The lowest BCUT2D eigenvalue weighted by molar-refractivity contribution is 0.0730. The minimum absolute atomic E-state index is 0.0185. The van der Waals surface area contributed by atoms with E-state index in [1.165, 1.54) is 4.31 Å². The van der Waals surface area contributed by atoms with Crippen LogP contribution in [0.1, 0.15) is 13.3 Å². The number of hydrogen-bond acceptors (Lipinski definition) is 5. The molecule has 1 aliphatic rings. The largest absolute Gasteiger partial charge is 0.379 e. The van der Waals surface area contributed by atoms with Crippen LogP contribution in [0.2, 0.25) is 0 Å². The van der Waals surface area contributed by atoms with E-state index in [0.29, 0.717) is 32.7 Å². The second-order valence-corrected chi connectivity index (χ2v) is 8.06. The van der Waals surface area contributed by atoms with Gasteiger partial charge in [-0.15, -0.1) is 0 Å². The van der Waals surface area contributed by atoms with Gasteiger partial charge in [0.2, 0.25) is 20.0 Å². The molecule has 0 bridgehead atoms. The Hall–Kier alpha value is -0.220. The molecule has 0 aliphatic carbocycles. The Balaban J connectivity index is 2.42. The number of rotatable bonds is 7. The molecular weight excluding hydrogens is 280 g/mol. The smallest absolute Gasteiger partial charge is 0.215 e. The lowest BCUT2D eigenvalue weighted by Crippen LogP contribution is -2.43. The minimum atomic E-state index is -3.39. The van der Waals surface area contributed by atoms with Crippen molar-refractivity contribution in [3.8, 4) is 0 Å². The second-order valence-electron chi connectivity index (χ2n) is 4.04. The standard InChI is InChI=1S/C9H20N2O5S2/c1-2-8-17(12,13)10-3-9-18(14,15)11-4-6-16-7-5-11/h10H,2-9H2,1H3. The molecule has 0 aromatic rings. The van der Waals surface area contributed by atoms with Crippen LogP contribution in [-0.4, -0.2) is 65.5 Å². The van der Waals surface area contributed by atoms with Gasteiger partial charge < -0.3 is 4.74 Å². The summed E-state index contributed by atoms with van der Waals surface area (Å²) < 4.78 is 55.1. The van der Waals surface area contributed by atoms with E-state index in [4.69, 9.17) is 4.74 Å². The maximum Gasteiger partial charge on any atom is 0.215 e. The van der Waals surface area contributed by atoms with Gasteiger partial charge in [-0.1, -0.05) is 6.92 Å². The van der Waals surface area contributed by atoms with Crippen molar-refractivity contribution in [2.24, 2.45) is 0 Å². The third kappa shape index (κ3) is 5.19. The molecule has 9 heteroatoms. The zero-order chi connectivity index (χ0) is 13.6. The number of hydrogen-bond donors (Lipinski definition) is 1. The van der Waals surface area contributed by atoms with E-state index in [9.17, 15) is 16.8 Å². The van der Waals surface area contributed by atoms with E-state index in [1.807, 2.05) is 0 Å². The third-order valence-corrected chi connectivity index (χ3v) is 5.98. The zero-order valence-electron chi connectivity index (χ0n) is 10.5. The number of sulfonamides is 2. The van der Waals surface area contributed by atoms with Gasteiger partial charge in [0.25, 0.3) is 0 Å². The minimum Gasteiger partial charge on any atom is -0.379 e. The van der Waals surface area contributed by atoms with Gasteiger partial charge in [-0.25, -0.2) is 21.6 Å². The molecule has 0 saturated carbocycles. The van der Waals surface area contributed by atoms with Crippen molar-refractivity contribution in [1.29, 1.82) is 0 Å². The van der Waals surface area contributed by atoms with Gasteiger partial charge in [0.1, 0.15) is 0 Å². The fraction of sp³-hybridized carbons (Fsp3) is 1.00. The van der Waals surface area contributed by atoms with E-state index in [2.05, 4.69) is 4.72 Å². The fourth-order valence-corrected chi connectivity index (χ4v) is 4.17. The highest BCUT2D eigenvalue weighted by Crippen LogP contribution is 2.05. The second kappa shape index (κ2) is 6.80. The Labute approximate surface area is 109 Å². The van der Waals surface area contributed by atoms with Gasteiger partial charge in [-0.3, -0.25) is 0 Å². The van der Waals surface area contributed by atoms with Gasteiger partial charge in [0, 0.05) is 19.6 Å². The monoisotopic (exact) mass is 300 g/mol. The van der Waals surface area contributed by atoms with Crippen molar-refractivity contribution >= 4 is 20.0 Å². The van der Waals surface area contributed by atoms with Crippen LogP contribution in [0.25, 0.3) is 0 Å². The zero-order valence-corrected chi connectivity index (χ0v) is 12.1. The Morgan fingerprint density at radius 3 is 2.28 bits per heavy atom. The van der Waals surface area contributed by atoms with Crippen molar-refractivity contribution in [2.75, 3.05) is 44.4 Å². The third-order valence-electron chi connectivity index (χ3n) is 2.52. The van der Waals surface area contributed by atoms with Crippen molar-refractivity contribution in [3.63, 3.8) is 0 Å². The maximum atomic E-state index is 11.9. The van der Waals surface area contributed by atoms with E-state index in [-0.39, 0.29) is 18.1 Å². The summed E-state index contributed by atoms with van der Waals surface area (Å²) in [7, 11) is -6.74. The number of nitrogens with one attached hydrogen (secondary N) is 1. The van der Waals surface area contributed by atoms with Crippen LogP contribution in [0.4, 0.5) is 0 Å². The number of ether oxygens (including phenoxy) is 1. The molecule has 18 heavy (non-hydrogen) atoms. The molecule has 0 atom stereocenters. The van der Waals surface area contributed by atoms with Crippen molar-refractivity contribution in [3.05, 3.63) is 0 Å². The lowest BCUT2D eigenvalue weighted by Gasteiger charge is -2.26. The molecule has 0 spiro atoms. The predicted octanol–water partition coefficient (Wildman–Crippen LogP) is -1.02. The Bertz CT molecular complexity index is 440. The molecule has 1 heterocycles. The molecule has 0 aromatic heterocycles. The van der Waals surface area contributed by atoms with E-state index >= 15 is 0 Å². The molecule has 0 radical (unpaired) electrons. The summed E-state index contributed by atoms with van der Waals surface area (Å²) in [6.07, 6.45) is 0.506. The SMILES string of the molecule is CCCS(=O)(=O)NCCS(=O)(=O)N1CCOCC1. The molecular formula is C9H20N2O5S2. The summed E-state index contributed by atoms with van der Waals surface area (Å²) in [6, 6.07) is 0. The number of morpholine rings is 1. The molecule has 108 valence electrons. The fourth-order valence-electron chi connectivity index (χ4n) is 1.62. The van der Waals surface area contributed by atoms with Crippen LogP contribution in [0, 0.1) is 0 Å². The summed E-state index contributed by atoms with van der Waals surface area (Å²) in [5, 5.41) is 0. The predicted molar refractivity (Wildman–Crippen MR) is 68.3 cm³/mol. The maximum absolute atomic E-state index is 11.9. The molecule has 0 amide bonds. The molecule has 1 aliphatic heterocycles. The molecule has 1 N–H and O–H groups in total. The molecule has 1 fully saturated rings. The number of nitrogens with zero attached hydrogens (tertiary/aromatic N) is 1. The van der Waals surface area contributed by atoms with Crippen molar-refractivity contribution < 1.29 is 21.6 Å². The van der Waals surface area contributed by atoms with E-state index < -0.39 is 20.0 Å². The highest BCUT2D eigenvalue weighted by atomic mass is 32.2. The van der Waals surface area contributed by atoms with E-state index in [1.54, 1.807) is 6.92 Å². The van der Waals surface area contributed by atoms with Crippen LogP contribution in [0.15, 0.2) is 0 Å². The van der Waals surface area contributed by atoms with Gasteiger partial charge >= 0.3 is 0 Å². The summed E-state index contributed by atoms with van der Waals surface area (Å²) in [5.74, 6) is -0.194. The first-order chi connectivity index (χ1) is 8.37. The summed E-state index contributed by atoms with van der Waals surface area (Å²) >= 11 is 0. The quantitative estimate of drug-likeness (QED) is 0.649. The summed E-state index contributed by atoms with van der Waals surface area (Å²) in [6.45, 7) is 3.13. The van der Waals surface area contributed by atoms with Crippen LogP contribution in [-0.2, 0) is 24.8 Å². The lowest BCUT2D eigenvalue weighted by atomic mass is 10.5. The summed E-state index contributed by atoms with van der Waals surface area (Å²) in [5.41, 5.74) is 0. The first kappa shape index (κ1) is 15.8. The Morgan fingerprint density at radius 1 is 1.11 bits per heavy atom. The first-order valence-electron chi connectivity index (χ1n) is 5.90. The molecule has 0 unspecified atom stereocenters. The van der Waals surface area contributed by atoms with Crippen LogP contribution >= 0.6 is 0 Å². The Morgan fingerprint density at radius 2 is 1.72 bits per heavy atom. The first-order valence-corrected chi connectivity index (χ1v) is 9.16. The van der Waals surface area contributed by atoms with Crippen molar-refractivity contribution in [1.82, 2.24) is 9.03 Å². The van der Waals surface area contributed by atoms with Gasteiger partial charge in [-0.05, 0) is 6.42 Å². The van der Waals surface area contributed by atoms with Gasteiger partial charge in [-0.2, -0.15) is 4.31 Å². The van der Waals surface area contributed by atoms with Crippen molar-refractivity contribution in [2.45, 2.75) is 13.3 Å². The molecule has 7 nitrogen and oxygen atoms in total. The highest BCUT2D eigenvalue weighted by Gasteiger charge is 2.24. The topological polar surface area (TPSA) is 92.8 Å². The van der Waals surface area contributed by atoms with Crippen LogP contribution in [0.3, 0.4) is 0 Å². The molecule has 0 aromatic carbocycles. The van der Waals surface area contributed by atoms with Gasteiger partial charge in [0.05, 0.1) is 24.7 Å². The van der Waals surface area contributed by atoms with Crippen LogP contribution < -0.4 is 4.72 Å². The molecule has 1 saturated heterocycles. The summed E-state index contributed by atoms with van der Waals surface area (Å²) in [4.78, 5) is 0. The van der Waals surface area contributed by atoms with E-state index in [0.717, 1.165) is 0 Å². The average Bonchev–Trinajstić information content (AvgIpc) is 2.29. The normalized spacial score (nSPS) is 18.9. The van der Waals surface area contributed by atoms with Crippen LogP contribution in [0.5, 0.6) is 0 Å².